The topological polar surface area (TPSA) is 70.4 Å². The minimum atomic E-state index is -1.12. The van der Waals surface area contributed by atoms with Gasteiger partial charge in [-0.25, -0.2) is 9.78 Å². The SMILES string of the molecule is CCCc1nc(O)c(C(=O)O)s1. The monoisotopic (exact) mass is 187 g/mol. The fourth-order valence-electron chi connectivity index (χ4n) is 0.815. The maximum Gasteiger partial charge on any atom is 0.351 e. The molecule has 2 N–H and O–H groups in total. The first kappa shape index (κ1) is 8.99. The number of hydrogen-bond acceptors (Lipinski definition) is 4. The number of carboxylic acids is 1. The number of aromatic hydroxyl groups is 1. The fourth-order valence-corrected chi connectivity index (χ4v) is 1.71. The molecule has 66 valence electrons. The van der Waals surface area contributed by atoms with Crippen LogP contribution in [-0.4, -0.2) is 21.2 Å². The number of carboxylic acid groups (broad SMARTS) is 1. The van der Waals surface area contributed by atoms with Crippen molar-refractivity contribution in [2.45, 2.75) is 19.8 Å². The van der Waals surface area contributed by atoms with E-state index in [1.807, 2.05) is 6.92 Å². The lowest BCUT2D eigenvalue weighted by Crippen LogP contribution is -1.91. The first-order valence-electron chi connectivity index (χ1n) is 3.57. The molecule has 12 heavy (non-hydrogen) atoms. The van der Waals surface area contributed by atoms with E-state index in [-0.39, 0.29) is 10.8 Å². The molecule has 1 aromatic heterocycles. The van der Waals surface area contributed by atoms with Gasteiger partial charge in [-0.2, -0.15) is 0 Å². The van der Waals surface area contributed by atoms with Crippen LogP contribution < -0.4 is 0 Å². The van der Waals surface area contributed by atoms with Gasteiger partial charge in [0.25, 0.3) is 0 Å². The van der Waals surface area contributed by atoms with Gasteiger partial charge in [-0.3, -0.25) is 0 Å². The van der Waals surface area contributed by atoms with E-state index in [2.05, 4.69) is 4.98 Å². The molecule has 4 nitrogen and oxygen atoms in total. The lowest BCUT2D eigenvalue weighted by Gasteiger charge is -1.85. The van der Waals surface area contributed by atoms with Crippen molar-refractivity contribution >= 4 is 17.3 Å². The zero-order valence-corrected chi connectivity index (χ0v) is 7.39. The smallest absolute Gasteiger partial charge is 0.351 e. The number of aryl methyl sites for hydroxylation is 1. The molecule has 0 saturated heterocycles. The van der Waals surface area contributed by atoms with Crippen molar-refractivity contribution in [1.29, 1.82) is 0 Å². The molecule has 0 aliphatic rings. The van der Waals surface area contributed by atoms with Crippen LogP contribution in [0.2, 0.25) is 0 Å². The number of thiazole rings is 1. The van der Waals surface area contributed by atoms with E-state index in [9.17, 15) is 4.79 Å². The number of aromatic nitrogens is 1. The van der Waals surface area contributed by atoms with E-state index in [4.69, 9.17) is 10.2 Å². The van der Waals surface area contributed by atoms with Gasteiger partial charge < -0.3 is 10.2 Å². The Labute approximate surface area is 73.5 Å². The molecule has 0 bridgehead atoms. The first-order chi connectivity index (χ1) is 5.65. The number of carbonyl (C=O) groups is 1. The Morgan fingerprint density at radius 1 is 1.67 bits per heavy atom. The summed E-state index contributed by atoms with van der Waals surface area (Å²) < 4.78 is 0. The maximum absolute atomic E-state index is 10.4. The van der Waals surface area contributed by atoms with Crippen LogP contribution >= 0.6 is 11.3 Å². The Morgan fingerprint density at radius 2 is 2.33 bits per heavy atom. The average molecular weight is 187 g/mol. The highest BCUT2D eigenvalue weighted by Gasteiger charge is 2.15. The predicted molar refractivity (Wildman–Crippen MR) is 44.7 cm³/mol. The van der Waals surface area contributed by atoms with Gasteiger partial charge in [-0.05, 0) is 12.8 Å². The molecule has 1 aromatic rings. The Morgan fingerprint density at radius 3 is 2.75 bits per heavy atom. The summed E-state index contributed by atoms with van der Waals surface area (Å²) in [5.74, 6) is -1.48. The van der Waals surface area contributed by atoms with Crippen LogP contribution in [0.15, 0.2) is 0 Å². The van der Waals surface area contributed by atoms with Crippen LogP contribution in [0.5, 0.6) is 5.88 Å². The second-order valence-electron chi connectivity index (χ2n) is 2.32. The quantitative estimate of drug-likeness (QED) is 0.752. The average Bonchev–Trinajstić information content (AvgIpc) is 2.32. The lowest BCUT2D eigenvalue weighted by atomic mass is 10.4. The number of nitrogens with zero attached hydrogens (tertiary/aromatic N) is 1. The summed E-state index contributed by atoms with van der Waals surface area (Å²) in [6.07, 6.45) is 1.61. The van der Waals surface area contributed by atoms with Crippen molar-refractivity contribution < 1.29 is 15.0 Å². The molecule has 0 amide bonds. The first-order valence-corrected chi connectivity index (χ1v) is 4.38. The summed E-state index contributed by atoms with van der Waals surface area (Å²) in [6, 6.07) is 0. The number of aromatic carboxylic acids is 1. The Kier molecular flexibility index (Phi) is 2.65. The normalized spacial score (nSPS) is 10.1. The second-order valence-corrected chi connectivity index (χ2v) is 3.40. The highest BCUT2D eigenvalue weighted by atomic mass is 32.1. The van der Waals surface area contributed by atoms with E-state index in [1.54, 1.807) is 0 Å². The van der Waals surface area contributed by atoms with E-state index in [0.29, 0.717) is 11.4 Å². The summed E-state index contributed by atoms with van der Waals surface area (Å²) >= 11 is 1.03. The number of rotatable bonds is 3. The third kappa shape index (κ3) is 1.73. The molecule has 0 fully saturated rings. The lowest BCUT2D eigenvalue weighted by molar-refractivity contribution is 0.0699. The Bertz CT molecular complexity index is 295. The van der Waals surface area contributed by atoms with Gasteiger partial charge in [0.15, 0.2) is 4.88 Å². The molecule has 1 rings (SSSR count). The van der Waals surface area contributed by atoms with E-state index in [1.165, 1.54) is 0 Å². The zero-order valence-electron chi connectivity index (χ0n) is 6.57. The molecule has 0 radical (unpaired) electrons. The van der Waals surface area contributed by atoms with E-state index < -0.39 is 5.97 Å². The summed E-state index contributed by atoms with van der Waals surface area (Å²) in [7, 11) is 0. The van der Waals surface area contributed by atoms with Gasteiger partial charge in [0, 0.05) is 0 Å². The standard InChI is InChI=1S/C7H9NO3S/c1-2-3-4-8-6(9)5(12-4)7(10)11/h9H,2-3H2,1H3,(H,10,11). The molecule has 0 atom stereocenters. The van der Waals surface area contributed by atoms with E-state index in [0.717, 1.165) is 17.8 Å². The van der Waals surface area contributed by atoms with Crippen molar-refractivity contribution in [3.05, 3.63) is 9.88 Å². The highest BCUT2D eigenvalue weighted by Crippen LogP contribution is 2.24. The highest BCUT2D eigenvalue weighted by molar-refractivity contribution is 7.13. The molecule has 0 unspecified atom stereocenters. The molecular formula is C7H9NO3S. The molecular weight excluding hydrogens is 178 g/mol. The molecule has 0 spiro atoms. The van der Waals surface area contributed by atoms with E-state index >= 15 is 0 Å². The van der Waals surface area contributed by atoms with Crippen molar-refractivity contribution in [2.75, 3.05) is 0 Å². The van der Waals surface area contributed by atoms with Gasteiger partial charge in [0.1, 0.15) is 0 Å². The van der Waals surface area contributed by atoms with Gasteiger partial charge in [0.2, 0.25) is 5.88 Å². The van der Waals surface area contributed by atoms with Crippen LogP contribution in [0.25, 0.3) is 0 Å². The molecule has 5 heteroatoms. The third-order valence-corrected chi connectivity index (χ3v) is 2.40. The molecule has 0 saturated carbocycles. The van der Waals surface area contributed by atoms with Gasteiger partial charge in [0.05, 0.1) is 5.01 Å². The van der Waals surface area contributed by atoms with Gasteiger partial charge in [-0.1, -0.05) is 6.92 Å². The Hall–Kier alpha value is -1.10. The van der Waals surface area contributed by atoms with Crippen LogP contribution in [0.4, 0.5) is 0 Å². The van der Waals surface area contributed by atoms with Gasteiger partial charge in [-0.15, -0.1) is 11.3 Å². The van der Waals surface area contributed by atoms with Crippen molar-refractivity contribution in [3.63, 3.8) is 0 Å². The molecule has 1 heterocycles. The fraction of sp³-hybridized carbons (Fsp3) is 0.429. The van der Waals surface area contributed by atoms with Gasteiger partial charge >= 0.3 is 5.97 Å². The largest absolute Gasteiger partial charge is 0.492 e. The zero-order chi connectivity index (χ0) is 9.14. The summed E-state index contributed by atoms with van der Waals surface area (Å²) in [4.78, 5) is 14.1. The van der Waals surface area contributed by atoms with Crippen molar-refractivity contribution in [3.8, 4) is 5.88 Å². The maximum atomic E-state index is 10.4. The van der Waals surface area contributed by atoms with Crippen LogP contribution in [-0.2, 0) is 6.42 Å². The third-order valence-electron chi connectivity index (χ3n) is 1.31. The minimum Gasteiger partial charge on any atom is -0.492 e. The molecule has 0 aromatic carbocycles. The van der Waals surface area contributed by atoms with Crippen LogP contribution in [0.3, 0.4) is 0 Å². The number of hydrogen-bond donors (Lipinski definition) is 2. The minimum absolute atomic E-state index is 0.0709. The van der Waals surface area contributed by atoms with Crippen LogP contribution in [0, 0.1) is 0 Å². The predicted octanol–water partition coefficient (Wildman–Crippen LogP) is 1.50. The second kappa shape index (κ2) is 3.53. The molecule has 0 aliphatic heterocycles. The molecule has 0 aliphatic carbocycles. The Balaban J connectivity index is 2.92. The summed E-state index contributed by atoms with van der Waals surface area (Å²) in [5.41, 5.74) is 0. The van der Waals surface area contributed by atoms with Crippen LogP contribution in [0.1, 0.15) is 28.0 Å². The summed E-state index contributed by atoms with van der Waals surface area (Å²) in [5, 5.41) is 18.3. The summed E-state index contributed by atoms with van der Waals surface area (Å²) in [6.45, 7) is 1.97. The van der Waals surface area contributed by atoms with Crippen molar-refractivity contribution in [2.24, 2.45) is 0 Å². The van der Waals surface area contributed by atoms with Crippen molar-refractivity contribution in [1.82, 2.24) is 4.98 Å².